The number of aromatic amines is 1. The van der Waals surface area contributed by atoms with E-state index in [1.807, 2.05) is 19.9 Å². The first-order valence-corrected chi connectivity index (χ1v) is 9.15. The van der Waals surface area contributed by atoms with Crippen molar-refractivity contribution in [1.29, 1.82) is 5.26 Å². The standard InChI is InChI=1S/C20H17N3O3S/c1-4-26-20(25)15(9-13-5-7-14(10-21)8-6-13)17-22-18(24)16-11(2)12(3)27-19(16)23-17/h5-9H,4H2,1-3H3,(H,22,23,24)/b15-9+. The Balaban J connectivity index is 2.17. The first-order valence-electron chi connectivity index (χ1n) is 8.34. The molecule has 0 bridgehead atoms. The lowest BCUT2D eigenvalue weighted by Gasteiger charge is -2.07. The van der Waals surface area contributed by atoms with Crippen LogP contribution in [0.3, 0.4) is 0 Å². The number of hydrogen-bond donors (Lipinski definition) is 1. The summed E-state index contributed by atoms with van der Waals surface area (Å²) in [6.45, 7) is 5.72. The van der Waals surface area contributed by atoms with E-state index < -0.39 is 5.97 Å². The number of rotatable bonds is 4. The van der Waals surface area contributed by atoms with Gasteiger partial charge in [-0.1, -0.05) is 12.1 Å². The van der Waals surface area contributed by atoms with Gasteiger partial charge in [0, 0.05) is 4.88 Å². The molecule has 0 fully saturated rings. The van der Waals surface area contributed by atoms with Crippen molar-refractivity contribution in [3.8, 4) is 6.07 Å². The highest BCUT2D eigenvalue weighted by molar-refractivity contribution is 7.18. The number of fused-ring (bicyclic) bond motifs is 1. The zero-order valence-electron chi connectivity index (χ0n) is 15.1. The Morgan fingerprint density at radius 1 is 1.33 bits per heavy atom. The zero-order valence-corrected chi connectivity index (χ0v) is 15.9. The first-order chi connectivity index (χ1) is 12.9. The normalized spacial score (nSPS) is 11.4. The maximum absolute atomic E-state index is 12.6. The summed E-state index contributed by atoms with van der Waals surface area (Å²) in [6, 6.07) is 8.78. The van der Waals surface area contributed by atoms with Gasteiger partial charge < -0.3 is 9.72 Å². The molecule has 0 aliphatic heterocycles. The van der Waals surface area contributed by atoms with Crippen molar-refractivity contribution in [2.75, 3.05) is 6.61 Å². The Bertz CT molecular complexity index is 1150. The number of thiophene rings is 1. The van der Waals surface area contributed by atoms with Gasteiger partial charge in [-0.15, -0.1) is 11.3 Å². The average Bonchev–Trinajstić information content (AvgIpc) is 2.94. The highest BCUT2D eigenvalue weighted by Crippen LogP contribution is 2.27. The number of carbonyl (C=O) groups is 1. The number of aryl methyl sites for hydroxylation is 2. The van der Waals surface area contributed by atoms with Gasteiger partial charge in [0.2, 0.25) is 0 Å². The molecule has 0 spiro atoms. The number of nitrogens with zero attached hydrogens (tertiary/aromatic N) is 2. The van der Waals surface area contributed by atoms with Crippen molar-refractivity contribution >= 4 is 39.2 Å². The van der Waals surface area contributed by atoms with Gasteiger partial charge in [-0.25, -0.2) is 9.78 Å². The Morgan fingerprint density at radius 2 is 2.04 bits per heavy atom. The maximum Gasteiger partial charge on any atom is 0.341 e. The lowest BCUT2D eigenvalue weighted by atomic mass is 10.1. The number of aromatic nitrogens is 2. The molecule has 3 aromatic rings. The molecule has 0 aliphatic rings. The van der Waals surface area contributed by atoms with Crippen molar-refractivity contribution in [3.05, 3.63) is 62.0 Å². The van der Waals surface area contributed by atoms with E-state index >= 15 is 0 Å². The molecular weight excluding hydrogens is 362 g/mol. The molecular formula is C20H17N3O3S. The highest BCUT2D eigenvalue weighted by atomic mass is 32.1. The number of carbonyl (C=O) groups excluding carboxylic acids is 1. The number of nitrogens with one attached hydrogen (secondary N) is 1. The third kappa shape index (κ3) is 3.66. The van der Waals surface area contributed by atoms with Crippen LogP contribution in [-0.4, -0.2) is 22.5 Å². The van der Waals surface area contributed by atoms with Crippen LogP contribution in [0.5, 0.6) is 0 Å². The van der Waals surface area contributed by atoms with Crippen LogP contribution in [0.15, 0.2) is 29.1 Å². The van der Waals surface area contributed by atoms with Gasteiger partial charge >= 0.3 is 5.97 Å². The molecule has 6 nitrogen and oxygen atoms in total. The van der Waals surface area contributed by atoms with Crippen LogP contribution < -0.4 is 5.56 Å². The second kappa shape index (κ2) is 7.56. The summed E-state index contributed by atoms with van der Waals surface area (Å²) >= 11 is 1.41. The van der Waals surface area contributed by atoms with Crippen molar-refractivity contribution in [2.45, 2.75) is 20.8 Å². The largest absolute Gasteiger partial charge is 0.462 e. The van der Waals surface area contributed by atoms with Crippen molar-refractivity contribution < 1.29 is 9.53 Å². The minimum Gasteiger partial charge on any atom is -0.462 e. The Hall–Kier alpha value is -3.24. The summed E-state index contributed by atoms with van der Waals surface area (Å²) in [7, 11) is 0. The molecule has 136 valence electrons. The topological polar surface area (TPSA) is 95.8 Å². The highest BCUT2D eigenvalue weighted by Gasteiger charge is 2.19. The third-order valence-electron chi connectivity index (χ3n) is 4.14. The summed E-state index contributed by atoms with van der Waals surface area (Å²) in [6.07, 6.45) is 1.59. The summed E-state index contributed by atoms with van der Waals surface area (Å²) < 4.78 is 5.14. The van der Waals surface area contributed by atoms with Crippen molar-refractivity contribution in [2.24, 2.45) is 0 Å². The van der Waals surface area contributed by atoms with Crippen LogP contribution in [0.4, 0.5) is 0 Å². The minimum atomic E-state index is -0.575. The van der Waals surface area contributed by atoms with E-state index in [4.69, 9.17) is 10.00 Å². The van der Waals surface area contributed by atoms with E-state index in [1.54, 1.807) is 37.3 Å². The number of hydrogen-bond acceptors (Lipinski definition) is 6. The molecule has 1 N–H and O–H groups in total. The molecule has 2 aromatic heterocycles. The first kappa shape index (κ1) is 18.5. The molecule has 2 heterocycles. The average molecular weight is 379 g/mol. The summed E-state index contributed by atoms with van der Waals surface area (Å²) in [4.78, 5) is 33.8. The summed E-state index contributed by atoms with van der Waals surface area (Å²) in [5.74, 6) is -0.411. The third-order valence-corrected chi connectivity index (χ3v) is 5.24. The molecule has 0 amide bonds. The van der Waals surface area contributed by atoms with Gasteiger partial charge in [-0.05, 0) is 50.1 Å². The summed E-state index contributed by atoms with van der Waals surface area (Å²) in [5, 5.41) is 9.46. The van der Waals surface area contributed by atoms with E-state index in [0.29, 0.717) is 21.3 Å². The molecule has 0 saturated heterocycles. The fraction of sp³-hybridized carbons (Fsp3) is 0.200. The number of nitriles is 1. The molecule has 0 aliphatic carbocycles. The quantitative estimate of drug-likeness (QED) is 0.552. The van der Waals surface area contributed by atoms with Crippen LogP contribution in [-0.2, 0) is 9.53 Å². The van der Waals surface area contributed by atoms with Gasteiger partial charge in [-0.2, -0.15) is 5.26 Å². The van der Waals surface area contributed by atoms with Gasteiger partial charge in [0.05, 0.1) is 23.6 Å². The predicted molar refractivity (Wildman–Crippen MR) is 105 cm³/mol. The fourth-order valence-electron chi connectivity index (χ4n) is 2.64. The molecule has 1 aromatic carbocycles. The van der Waals surface area contributed by atoms with E-state index in [2.05, 4.69) is 9.97 Å². The smallest absolute Gasteiger partial charge is 0.341 e. The lowest BCUT2D eigenvalue weighted by molar-refractivity contribution is -0.136. The van der Waals surface area contributed by atoms with E-state index in [9.17, 15) is 9.59 Å². The van der Waals surface area contributed by atoms with Crippen LogP contribution in [0.25, 0.3) is 21.9 Å². The predicted octanol–water partition coefficient (Wildman–Crippen LogP) is 3.58. The molecule has 7 heteroatoms. The van der Waals surface area contributed by atoms with Gasteiger partial charge in [-0.3, -0.25) is 4.79 Å². The molecule has 27 heavy (non-hydrogen) atoms. The molecule has 3 rings (SSSR count). The van der Waals surface area contributed by atoms with Gasteiger partial charge in [0.15, 0.2) is 0 Å². The van der Waals surface area contributed by atoms with Gasteiger partial charge in [0.25, 0.3) is 5.56 Å². The Morgan fingerprint density at radius 3 is 2.67 bits per heavy atom. The number of benzene rings is 1. The zero-order chi connectivity index (χ0) is 19.6. The SMILES string of the molecule is CCOC(=O)/C(=C/c1ccc(C#N)cc1)c1nc2sc(C)c(C)c2c(=O)[nH]1. The Kier molecular flexibility index (Phi) is 5.19. The number of esters is 1. The Labute approximate surface area is 159 Å². The van der Waals surface area contributed by atoms with E-state index in [0.717, 1.165) is 10.4 Å². The molecule has 0 radical (unpaired) electrons. The fourth-order valence-corrected chi connectivity index (χ4v) is 3.67. The van der Waals surface area contributed by atoms with Crippen LogP contribution >= 0.6 is 11.3 Å². The van der Waals surface area contributed by atoms with E-state index in [1.165, 1.54) is 11.3 Å². The van der Waals surface area contributed by atoms with Crippen LogP contribution in [0.2, 0.25) is 0 Å². The van der Waals surface area contributed by atoms with Crippen molar-refractivity contribution in [3.63, 3.8) is 0 Å². The molecule has 0 unspecified atom stereocenters. The van der Waals surface area contributed by atoms with Crippen LogP contribution in [0.1, 0.15) is 34.3 Å². The maximum atomic E-state index is 12.6. The summed E-state index contributed by atoms with van der Waals surface area (Å²) in [5.41, 5.74) is 1.97. The van der Waals surface area contributed by atoms with Crippen molar-refractivity contribution in [1.82, 2.24) is 9.97 Å². The molecule has 0 atom stereocenters. The molecule has 0 saturated carbocycles. The lowest BCUT2D eigenvalue weighted by Crippen LogP contribution is -2.15. The second-order valence-electron chi connectivity index (χ2n) is 5.89. The number of H-pyrrole nitrogens is 1. The minimum absolute atomic E-state index is 0.157. The van der Waals surface area contributed by atoms with Crippen LogP contribution in [0, 0.1) is 25.2 Å². The van der Waals surface area contributed by atoms with Gasteiger partial charge in [0.1, 0.15) is 16.2 Å². The monoisotopic (exact) mass is 379 g/mol. The van der Waals surface area contributed by atoms with E-state index in [-0.39, 0.29) is 23.6 Å². The number of ether oxygens (including phenoxy) is 1. The second-order valence-corrected chi connectivity index (χ2v) is 7.09.